The quantitative estimate of drug-likeness (QED) is 0.861. The van der Waals surface area contributed by atoms with Crippen LogP contribution in [0.25, 0.3) is 0 Å². The Balaban J connectivity index is 2.04. The molecule has 1 aromatic heterocycles. The molecule has 0 fully saturated rings. The Morgan fingerprint density at radius 2 is 2.24 bits per heavy atom. The summed E-state index contributed by atoms with van der Waals surface area (Å²) in [5.41, 5.74) is 7.07. The Morgan fingerprint density at radius 1 is 1.41 bits per heavy atom. The number of thiazole rings is 1. The van der Waals surface area contributed by atoms with Gasteiger partial charge in [0.15, 0.2) is 0 Å². The molecule has 88 valence electrons. The van der Waals surface area contributed by atoms with Crippen LogP contribution in [0.4, 0.5) is 0 Å². The van der Waals surface area contributed by atoms with Gasteiger partial charge in [0.1, 0.15) is 5.01 Å². The summed E-state index contributed by atoms with van der Waals surface area (Å²) in [5, 5.41) is 5.61. The lowest BCUT2D eigenvalue weighted by molar-refractivity contribution is 0.0950. The minimum atomic E-state index is -0.110. The van der Waals surface area contributed by atoms with Crippen molar-refractivity contribution in [3.05, 3.63) is 52.0 Å². The van der Waals surface area contributed by atoms with E-state index in [4.69, 9.17) is 5.73 Å². The highest BCUT2D eigenvalue weighted by atomic mass is 32.1. The molecule has 0 aliphatic heterocycles. The van der Waals surface area contributed by atoms with Gasteiger partial charge in [-0.3, -0.25) is 4.79 Å². The predicted octanol–water partition coefficient (Wildman–Crippen LogP) is 1.53. The molecule has 0 aliphatic rings. The van der Waals surface area contributed by atoms with Gasteiger partial charge in [-0.2, -0.15) is 0 Å². The molecule has 1 heterocycles. The van der Waals surface area contributed by atoms with Gasteiger partial charge in [-0.05, 0) is 11.6 Å². The third kappa shape index (κ3) is 2.89. The first-order chi connectivity index (χ1) is 8.31. The molecule has 4 nitrogen and oxygen atoms in total. The van der Waals surface area contributed by atoms with E-state index in [1.807, 2.05) is 23.6 Å². The van der Waals surface area contributed by atoms with Gasteiger partial charge in [-0.25, -0.2) is 4.98 Å². The van der Waals surface area contributed by atoms with Crippen LogP contribution in [0.1, 0.15) is 20.9 Å². The molecule has 2 rings (SSSR count). The Morgan fingerprint density at radius 3 is 2.94 bits per heavy atom. The molecular weight excluding hydrogens is 234 g/mol. The van der Waals surface area contributed by atoms with Crippen LogP contribution in [-0.4, -0.2) is 10.9 Å². The van der Waals surface area contributed by atoms with Crippen LogP contribution in [-0.2, 0) is 13.1 Å². The number of nitrogens with zero attached hydrogens (tertiary/aromatic N) is 1. The van der Waals surface area contributed by atoms with Crippen molar-refractivity contribution >= 4 is 17.2 Å². The molecule has 0 atom stereocenters. The molecule has 0 bridgehead atoms. The van der Waals surface area contributed by atoms with Crippen LogP contribution >= 0.6 is 11.3 Å². The molecule has 0 saturated heterocycles. The standard InChI is InChI=1S/C12H13N3OS/c13-7-9-3-1-2-4-10(9)12(16)15-8-11-14-5-6-17-11/h1-6H,7-8,13H2,(H,15,16). The smallest absolute Gasteiger partial charge is 0.251 e. The highest BCUT2D eigenvalue weighted by Crippen LogP contribution is 2.09. The molecule has 0 saturated carbocycles. The monoisotopic (exact) mass is 247 g/mol. The number of carbonyl (C=O) groups excluding carboxylic acids is 1. The summed E-state index contributed by atoms with van der Waals surface area (Å²) in [6.07, 6.45) is 1.72. The van der Waals surface area contributed by atoms with Crippen LogP contribution in [0, 0.1) is 0 Å². The van der Waals surface area contributed by atoms with Crippen LogP contribution in [0.5, 0.6) is 0 Å². The van der Waals surface area contributed by atoms with Gasteiger partial charge in [0, 0.05) is 23.7 Å². The van der Waals surface area contributed by atoms with E-state index in [1.165, 1.54) is 11.3 Å². The molecule has 2 aromatic rings. The predicted molar refractivity (Wildman–Crippen MR) is 67.6 cm³/mol. The van der Waals surface area contributed by atoms with Gasteiger partial charge in [0.25, 0.3) is 5.91 Å². The van der Waals surface area contributed by atoms with Gasteiger partial charge in [0.05, 0.1) is 6.54 Å². The van der Waals surface area contributed by atoms with E-state index in [0.717, 1.165) is 10.6 Å². The number of rotatable bonds is 4. The van der Waals surface area contributed by atoms with E-state index in [0.29, 0.717) is 18.7 Å². The SMILES string of the molecule is NCc1ccccc1C(=O)NCc1nccs1. The topological polar surface area (TPSA) is 68.0 Å². The maximum absolute atomic E-state index is 11.9. The van der Waals surface area contributed by atoms with E-state index in [-0.39, 0.29) is 5.91 Å². The van der Waals surface area contributed by atoms with Crippen molar-refractivity contribution in [3.8, 4) is 0 Å². The van der Waals surface area contributed by atoms with E-state index in [1.54, 1.807) is 12.3 Å². The molecule has 0 radical (unpaired) electrons. The summed E-state index contributed by atoms with van der Waals surface area (Å²) in [5.74, 6) is -0.110. The molecule has 0 aliphatic carbocycles. The highest BCUT2D eigenvalue weighted by molar-refractivity contribution is 7.09. The molecule has 0 unspecified atom stereocenters. The number of amides is 1. The van der Waals surface area contributed by atoms with E-state index < -0.39 is 0 Å². The molecule has 5 heteroatoms. The maximum Gasteiger partial charge on any atom is 0.251 e. The molecule has 0 spiro atoms. The van der Waals surface area contributed by atoms with Gasteiger partial charge in [0.2, 0.25) is 0 Å². The van der Waals surface area contributed by atoms with Crippen molar-refractivity contribution in [1.82, 2.24) is 10.3 Å². The summed E-state index contributed by atoms with van der Waals surface area (Å²) in [6, 6.07) is 7.34. The molecule has 1 aromatic carbocycles. The summed E-state index contributed by atoms with van der Waals surface area (Å²) in [7, 11) is 0. The van der Waals surface area contributed by atoms with E-state index in [2.05, 4.69) is 10.3 Å². The minimum Gasteiger partial charge on any atom is -0.346 e. The lowest BCUT2D eigenvalue weighted by Gasteiger charge is -2.07. The maximum atomic E-state index is 11.9. The Labute approximate surface area is 103 Å². The first kappa shape index (κ1) is 11.8. The van der Waals surface area contributed by atoms with Gasteiger partial charge in [-0.1, -0.05) is 18.2 Å². The zero-order valence-corrected chi connectivity index (χ0v) is 10.0. The van der Waals surface area contributed by atoms with Crippen LogP contribution < -0.4 is 11.1 Å². The van der Waals surface area contributed by atoms with E-state index in [9.17, 15) is 4.79 Å². The second-order valence-electron chi connectivity index (χ2n) is 3.47. The Kier molecular flexibility index (Phi) is 3.85. The van der Waals surface area contributed by atoms with Gasteiger partial charge in [-0.15, -0.1) is 11.3 Å². The largest absolute Gasteiger partial charge is 0.346 e. The van der Waals surface area contributed by atoms with Gasteiger partial charge >= 0.3 is 0 Å². The van der Waals surface area contributed by atoms with Gasteiger partial charge < -0.3 is 11.1 Å². The normalized spacial score (nSPS) is 10.2. The summed E-state index contributed by atoms with van der Waals surface area (Å²) in [4.78, 5) is 16.0. The fraction of sp³-hybridized carbons (Fsp3) is 0.167. The molecule has 1 amide bonds. The number of benzene rings is 1. The summed E-state index contributed by atoms with van der Waals surface area (Å²) in [6.45, 7) is 0.816. The first-order valence-electron chi connectivity index (χ1n) is 5.26. The Hall–Kier alpha value is -1.72. The zero-order chi connectivity index (χ0) is 12.1. The number of nitrogens with one attached hydrogen (secondary N) is 1. The number of carbonyl (C=O) groups is 1. The molecule has 17 heavy (non-hydrogen) atoms. The van der Waals surface area contributed by atoms with E-state index >= 15 is 0 Å². The van der Waals surface area contributed by atoms with Crippen LogP contribution in [0.15, 0.2) is 35.8 Å². The second-order valence-corrected chi connectivity index (χ2v) is 4.45. The summed E-state index contributed by atoms with van der Waals surface area (Å²) >= 11 is 1.52. The number of aromatic nitrogens is 1. The van der Waals surface area contributed by atoms with Crippen molar-refractivity contribution < 1.29 is 4.79 Å². The fourth-order valence-corrected chi connectivity index (χ4v) is 2.07. The van der Waals surface area contributed by atoms with Crippen molar-refractivity contribution in [2.24, 2.45) is 5.73 Å². The van der Waals surface area contributed by atoms with Crippen molar-refractivity contribution in [2.75, 3.05) is 0 Å². The second kappa shape index (κ2) is 5.56. The molecule has 3 N–H and O–H groups in total. The highest BCUT2D eigenvalue weighted by Gasteiger charge is 2.09. The molecular formula is C12H13N3OS. The number of hydrogen-bond acceptors (Lipinski definition) is 4. The van der Waals surface area contributed by atoms with Crippen molar-refractivity contribution in [2.45, 2.75) is 13.1 Å². The fourth-order valence-electron chi connectivity index (χ4n) is 1.51. The average Bonchev–Trinajstić information content (AvgIpc) is 2.89. The number of hydrogen-bond donors (Lipinski definition) is 2. The minimum absolute atomic E-state index is 0.110. The van der Waals surface area contributed by atoms with Crippen LogP contribution in [0.2, 0.25) is 0 Å². The zero-order valence-electron chi connectivity index (χ0n) is 9.22. The van der Waals surface area contributed by atoms with Crippen LogP contribution in [0.3, 0.4) is 0 Å². The Bertz CT molecular complexity index is 496. The van der Waals surface area contributed by atoms with Crippen molar-refractivity contribution in [3.63, 3.8) is 0 Å². The average molecular weight is 247 g/mol. The lowest BCUT2D eigenvalue weighted by atomic mass is 10.1. The summed E-state index contributed by atoms with van der Waals surface area (Å²) < 4.78 is 0. The van der Waals surface area contributed by atoms with Crippen molar-refractivity contribution in [1.29, 1.82) is 0 Å². The lowest BCUT2D eigenvalue weighted by Crippen LogP contribution is -2.24. The first-order valence-corrected chi connectivity index (χ1v) is 6.14. The third-order valence-corrected chi connectivity index (χ3v) is 3.15. The third-order valence-electron chi connectivity index (χ3n) is 2.37. The number of nitrogens with two attached hydrogens (primary N) is 1.